The number of hydrogen-bond acceptors (Lipinski definition) is 7. The molecule has 1 aliphatic heterocycles. The Bertz CT molecular complexity index is 1080. The second-order valence-corrected chi connectivity index (χ2v) is 11.3. The molecule has 1 aromatic rings. The van der Waals surface area contributed by atoms with Gasteiger partial charge >= 0.3 is 0 Å². The number of benzene rings is 1. The molecule has 0 bridgehead atoms. The number of phenols is 1. The molecule has 3 rings (SSSR count). The molecule has 0 radical (unpaired) electrons. The number of ether oxygens (including phenoxy) is 2. The van der Waals surface area contributed by atoms with Crippen molar-refractivity contribution >= 4 is 40.5 Å². The van der Waals surface area contributed by atoms with Crippen LogP contribution in [0.4, 0.5) is 0 Å². The second-order valence-electron chi connectivity index (χ2n) is 10.1. The molecule has 2 amide bonds. The van der Waals surface area contributed by atoms with Gasteiger partial charge in [-0.2, -0.15) is 0 Å². The maximum absolute atomic E-state index is 13.2. The number of allylic oxidation sites excluding steroid dienone is 1. The molecule has 0 aromatic heterocycles. The molecule has 0 spiro atoms. The summed E-state index contributed by atoms with van der Waals surface area (Å²) in [6.07, 6.45) is 5.00. The van der Waals surface area contributed by atoms with Gasteiger partial charge in [0.2, 0.25) is 11.8 Å². The number of likely N-dealkylation sites (tertiary alicyclic amines) is 1. The fourth-order valence-electron chi connectivity index (χ4n) is 5.91. The molecule has 2 aliphatic rings. The highest BCUT2D eigenvalue weighted by atomic mass is 127. The number of rotatable bonds is 13. The zero-order valence-electron chi connectivity index (χ0n) is 22.7. The van der Waals surface area contributed by atoms with Gasteiger partial charge in [0.05, 0.1) is 41.8 Å². The highest BCUT2D eigenvalue weighted by molar-refractivity contribution is 14.1. The van der Waals surface area contributed by atoms with Crippen LogP contribution in [-0.4, -0.2) is 72.1 Å². The molecular weight excluding hydrogens is 601 g/mol. The summed E-state index contributed by atoms with van der Waals surface area (Å²) in [7, 11) is 3.08. The van der Waals surface area contributed by atoms with Gasteiger partial charge in [0, 0.05) is 19.6 Å². The second kappa shape index (κ2) is 13.9. The fourth-order valence-corrected chi connectivity index (χ4v) is 6.54. The number of methoxy groups -OCH3 is 2. The average molecular weight is 642 g/mol. The average Bonchev–Trinajstić information content (AvgIpc) is 3.13. The number of fused-ring (bicyclic) bond motifs is 1. The van der Waals surface area contributed by atoms with Gasteiger partial charge in [0.25, 0.3) is 0 Å². The zero-order valence-corrected chi connectivity index (χ0v) is 24.9. The van der Waals surface area contributed by atoms with Crippen LogP contribution in [0.5, 0.6) is 11.5 Å². The van der Waals surface area contributed by atoms with Crippen molar-refractivity contribution in [3.05, 3.63) is 38.0 Å². The predicted octanol–water partition coefficient (Wildman–Crippen LogP) is 4.30. The van der Waals surface area contributed by atoms with Crippen LogP contribution in [0.15, 0.2) is 28.9 Å². The Morgan fingerprint density at radius 1 is 1.18 bits per heavy atom. The molecular formula is C29H40INO7. The van der Waals surface area contributed by atoms with Crippen molar-refractivity contribution < 1.29 is 34.4 Å². The molecule has 38 heavy (non-hydrogen) atoms. The minimum atomic E-state index is -0.879. The van der Waals surface area contributed by atoms with Gasteiger partial charge in [-0.25, -0.2) is 0 Å². The van der Waals surface area contributed by atoms with Crippen molar-refractivity contribution in [2.45, 2.75) is 58.5 Å². The van der Waals surface area contributed by atoms with Gasteiger partial charge in [-0.15, -0.1) is 0 Å². The van der Waals surface area contributed by atoms with Gasteiger partial charge in [-0.1, -0.05) is 31.9 Å². The van der Waals surface area contributed by atoms with Crippen LogP contribution in [-0.2, 0) is 14.3 Å². The van der Waals surface area contributed by atoms with Crippen LogP contribution in [0.2, 0.25) is 0 Å². The number of carbonyl (C=O) groups is 2. The summed E-state index contributed by atoms with van der Waals surface area (Å²) in [6.45, 7) is 4.31. The van der Waals surface area contributed by atoms with Gasteiger partial charge in [-0.05, 0) is 83.5 Å². The van der Waals surface area contributed by atoms with E-state index in [9.17, 15) is 24.9 Å². The number of aromatic hydroxyl groups is 1. The maximum atomic E-state index is 13.2. The Hall–Kier alpha value is -1.95. The van der Waals surface area contributed by atoms with Crippen LogP contribution < -0.4 is 4.74 Å². The summed E-state index contributed by atoms with van der Waals surface area (Å²) in [5, 5.41) is 32.0. The van der Waals surface area contributed by atoms with Crippen LogP contribution in [0.3, 0.4) is 0 Å². The molecule has 1 aromatic carbocycles. The van der Waals surface area contributed by atoms with E-state index < -0.39 is 23.9 Å². The fraction of sp³-hybridized carbons (Fsp3) is 0.586. The summed E-state index contributed by atoms with van der Waals surface area (Å²) >= 11 is 2.07. The van der Waals surface area contributed by atoms with Crippen LogP contribution in [0, 0.1) is 21.3 Å². The van der Waals surface area contributed by atoms with E-state index >= 15 is 0 Å². The van der Waals surface area contributed by atoms with Gasteiger partial charge in [0.1, 0.15) is 0 Å². The normalized spacial score (nSPS) is 22.8. The highest BCUT2D eigenvalue weighted by Gasteiger charge is 2.54. The summed E-state index contributed by atoms with van der Waals surface area (Å²) in [6, 6.07) is 3.67. The number of carbonyl (C=O) groups excluding carboxylic acids is 2. The van der Waals surface area contributed by atoms with Crippen molar-refractivity contribution in [2.24, 2.45) is 17.8 Å². The summed E-state index contributed by atoms with van der Waals surface area (Å²) < 4.78 is 11.4. The quantitative estimate of drug-likeness (QED) is 0.167. The summed E-state index contributed by atoms with van der Waals surface area (Å²) in [5.41, 5.74) is 3.49. The number of phenolic OH excluding ortho intramolecular Hbond substituents is 1. The molecule has 3 N–H and O–H groups in total. The van der Waals surface area contributed by atoms with Crippen LogP contribution in [0.25, 0.3) is 6.08 Å². The molecule has 210 valence electrons. The SMILES string of the molecule is CCC/C(=C\c1cc(I)c(O)c(OC)c1)CC[C@@H](O)C1=C(COC)C[C@H]2C(=O)N(CCC)C(=O)[C@H]2[C@H]1CO. The Labute approximate surface area is 238 Å². The molecule has 1 saturated heterocycles. The first-order valence-electron chi connectivity index (χ1n) is 13.3. The number of nitrogens with zero attached hydrogens (tertiary/aromatic N) is 1. The Kier molecular flexibility index (Phi) is 11.2. The Morgan fingerprint density at radius 3 is 2.53 bits per heavy atom. The smallest absolute Gasteiger partial charge is 0.233 e. The van der Waals surface area contributed by atoms with Crippen molar-refractivity contribution in [3.63, 3.8) is 0 Å². The number of imide groups is 1. The number of amides is 2. The first-order valence-corrected chi connectivity index (χ1v) is 14.4. The molecule has 8 nitrogen and oxygen atoms in total. The number of halogens is 1. The lowest BCUT2D eigenvalue weighted by molar-refractivity contribution is -0.140. The first kappa shape index (κ1) is 30.6. The number of aliphatic hydroxyl groups is 2. The van der Waals surface area contributed by atoms with E-state index in [1.807, 2.05) is 13.0 Å². The lowest BCUT2D eigenvalue weighted by Gasteiger charge is -2.36. The van der Waals surface area contributed by atoms with Gasteiger partial charge in [0.15, 0.2) is 11.5 Å². The van der Waals surface area contributed by atoms with Crippen molar-refractivity contribution in [1.29, 1.82) is 0 Å². The Balaban J connectivity index is 1.88. The lowest BCUT2D eigenvalue weighted by atomic mass is 9.68. The monoisotopic (exact) mass is 641 g/mol. The Morgan fingerprint density at radius 2 is 1.92 bits per heavy atom. The van der Waals surface area contributed by atoms with E-state index in [-0.39, 0.29) is 30.8 Å². The number of hydrogen-bond donors (Lipinski definition) is 3. The van der Waals surface area contributed by atoms with E-state index in [2.05, 4.69) is 35.6 Å². The largest absolute Gasteiger partial charge is 0.504 e. The minimum absolute atomic E-state index is 0.110. The topological polar surface area (TPSA) is 117 Å². The van der Waals surface area contributed by atoms with Gasteiger partial charge < -0.3 is 24.8 Å². The van der Waals surface area contributed by atoms with E-state index in [0.29, 0.717) is 47.1 Å². The highest BCUT2D eigenvalue weighted by Crippen LogP contribution is 2.46. The molecule has 1 fully saturated rings. The van der Waals surface area contributed by atoms with Gasteiger partial charge in [-0.3, -0.25) is 14.5 Å². The summed E-state index contributed by atoms with van der Waals surface area (Å²) in [5.74, 6) is -1.70. The van der Waals surface area contributed by atoms with E-state index in [1.165, 1.54) is 12.0 Å². The zero-order chi connectivity index (χ0) is 28.0. The molecule has 0 saturated carbocycles. The molecule has 1 aliphatic carbocycles. The maximum Gasteiger partial charge on any atom is 0.233 e. The van der Waals surface area contributed by atoms with E-state index in [1.54, 1.807) is 13.2 Å². The third-order valence-corrected chi connectivity index (χ3v) is 8.37. The molecule has 0 unspecified atom stereocenters. The predicted molar refractivity (Wildman–Crippen MR) is 154 cm³/mol. The lowest BCUT2D eigenvalue weighted by Crippen LogP contribution is -2.39. The molecule has 9 heteroatoms. The molecule has 4 atom stereocenters. The van der Waals surface area contributed by atoms with Crippen molar-refractivity contribution in [2.75, 3.05) is 34.0 Å². The van der Waals surface area contributed by atoms with E-state index in [4.69, 9.17) is 9.47 Å². The third-order valence-electron chi connectivity index (χ3n) is 7.55. The van der Waals surface area contributed by atoms with E-state index in [0.717, 1.165) is 29.6 Å². The van der Waals surface area contributed by atoms with Crippen molar-refractivity contribution in [3.8, 4) is 11.5 Å². The molecule has 1 heterocycles. The number of aliphatic hydroxyl groups excluding tert-OH is 2. The first-order chi connectivity index (χ1) is 18.2. The van der Waals surface area contributed by atoms with Crippen molar-refractivity contribution in [1.82, 2.24) is 4.90 Å². The summed E-state index contributed by atoms with van der Waals surface area (Å²) in [4.78, 5) is 27.6. The minimum Gasteiger partial charge on any atom is -0.504 e. The van der Waals surface area contributed by atoms with Crippen LogP contribution in [0.1, 0.15) is 57.9 Å². The van der Waals surface area contributed by atoms with Crippen LogP contribution >= 0.6 is 22.6 Å². The third kappa shape index (κ3) is 6.43. The standard InChI is InChI=1S/C29H40INO7/c1-5-7-17(11-18-12-22(30)27(34)24(13-18)38-4)8-9-23(33)25-19(16-37-3)14-20-26(21(25)15-32)29(36)31(10-6-2)28(20)35/h11-13,20-21,23,26,32-34H,5-10,14-16H2,1-4H3/b17-11+/t20-,21+,23-,26-/m1/s1.